The number of nitrogens with one attached hydrogen (secondary N) is 2. The number of imidazole rings is 1. The van der Waals surface area contributed by atoms with Gasteiger partial charge in [-0.15, -0.1) is 11.3 Å². The van der Waals surface area contributed by atoms with Crippen molar-refractivity contribution in [1.29, 1.82) is 0 Å². The second kappa shape index (κ2) is 5.85. The number of H-pyrrole nitrogens is 1. The second-order valence-electron chi connectivity index (χ2n) is 4.09. The third kappa shape index (κ3) is 3.23. The standard InChI is InChI=1S/C12H17N3O2S2/c1-3-9-5-6-18-10(9)7-14-19(16,17)12-8-13-11(4-2)15-12/h5-6,8,14H,3-4,7H2,1-2H3,(H,13,15). The highest BCUT2D eigenvalue weighted by molar-refractivity contribution is 7.89. The molecule has 0 unspecified atom stereocenters. The molecule has 0 radical (unpaired) electrons. The average molecular weight is 299 g/mol. The molecule has 0 bridgehead atoms. The summed E-state index contributed by atoms with van der Waals surface area (Å²) in [6, 6.07) is 2.03. The lowest BCUT2D eigenvalue weighted by Crippen LogP contribution is -2.23. The van der Waals surface area contributed by atoms with Gasteiger partial charge in [-0.05, 0) is 23.4 Å². The lowest BCUT2D eigenvalue weighted by Gasteiger charge is -2.04. The van der Waals surface area contributed by atoms with Gasteiger partial charge < -0.3 is 4.98 Å². The van der Waals surface area contributed by atoms with Crippen LogP contribution in [0.4, 0.5) is 0 Å². The van der Waals surface area contributed by atoms with Crippen LogP contribution in [0.5, 0.6) is 0 Å². The SMILES string of the molecule is CCc1ncc(S(=O)(=O)NCc2sccc2CC)[nH]1. The van der Waals surface area contributed by atoms with E-state index in [4.69, 9.17) is 0 Å². The zero-order chi connectivity index (χ0) is 13.9. The minimum atomic E-state index is -3.51. The Kier molecular flexibility index (Phi) is 4.38. The molecular weight excluding hydrogens is 282 g/mol. The van der Waals surface area contributed by atoms with Crippen molar-refractivity contribution in [3.8, 4) is 0 Å². The van der Waals surface area contributed by atoms with Gasteiger partial charge in [-0.25, -0.2) is 18.1 Å². The van der Waals surface area contributed by atoms with Gasteiger partial charge in [0.25, 0.3) is 10.0 Å². The summed E-state index contributed by atoms with van der Waals surface area (Å²) in [6.45, 7) is 4.30. The zero-order valence-electron chi connectivity index (χ0n) is 10.9. The molecule has 5 nitrogen and oxygen atoms in total. The summed E-state index contributed by atoms with van der Waals surface area (Å²) in [7, 11) is -3.51. The Bertz CT molecular complexity index is 643. The fourth-order valence-electron chi connectivity index (χ4n) is 1.73. The molecule has 2 aromatic heterocycles. The van der Waals surface area contributed by atoms with E-state index in [2.05, 4.69) is 21.6 Å². The fourth-order valence-corrected chi connectivity index (χ4v) is 3.68. The van der Waals surface area contributed by atoms with Crippen molar-refractivity contribution in [3.05, 3.63) is 33.9 Å². The summed E-state index contributed by atoms with van der Waals surface area (Å²) in [6.07, 6.45) is 2.95. The average Bonchev–Trinajstić information content (AvgIpc) is 3.05. The third-order valence-corrected chi connectivity index (χ3v) is 5.14. The van der Waals surface area contributed by atoms with Crippen LogP contribution in [0.3, 0.4) is 0 Å². The summed E-state index contributed by atoms with van der Waals surface area (Å²) < 4.78 is 26.8. The smallest absolute Gasteiger partial charge is 0.257 e. The Balaban J connectivity index is 2.09. The molecule has 19 heavy (non-hydrogen) atoms. The highest BCUT2D eigenvalue weighted by Gasteiger charge is 2.17. The van der Waals surface area contributed by atoms with Gasteiger partial charge in [-0.1, -0.05) is 13.8 Å². The largest absolute Gasteiger partial charge is 0.332 e. The molecule has 2 N–H and O–H groups in total. The van der Waals surface area contributed by atoms with Gasteiger partial charge in [0, 0.05) is 17.8 Å². The van der Waals surface area contributed by atoms with E-state index in [9.17, 15) is 8.42 Å². The predicted molar refractivity (Wildman–Crippen MR) is 75.7 cm³/mol. The maximum atomic E-state index is 12.1. The van der Waals surface area contributed by atoms with Gasteiger partial charge in [-0.3, -0.25) is 0 Å². The Morgan fingerprint density at radius 1 is 1.37 bits per heavy atom. The number of hydrogen-bond donors (Lipinski definition) is 2. The molecule has 0 fully saturated rings. The van der Waals surface area contributed by atoms with Crippen LogP contribution in [-0.2, 0) is 29.4 Å². The minimum Gasteiger partial charge on any atom is -0.332 e. The molecule has 0 aliphatic carbocycles. The van der Waals surface area contributed by atoms with Crippen molar-refractivity contribution < 1.29 is 8.42 Å². The summed E-state index contributed by atoms with van der Waals surface area (Å²) in [5, 5.41) is 2.10. The number of rotatable bonds is 6. The van der Waals surface area contributed by atoms with Crippen molar-refractivity contribution in [2.75, 3.05) is 0 Å². The van der Waals surface area contributed by atoms with E-state index < -0.39 is 10.0 Å². The molecule has 0 saturated heterocycles. The Hall–Kier alpha value is -1.18. The predicted octanol–water partition coefficient (Wildman–Crippen LogP) is 2.07. The Morgan fingerprint density at radius 2 is 2.16 bits per heavy atom. The molecule has 0 spiro atoms. The van der Waals surface area contributed by atoms with Crippen LogP contribution >= 0.6 is 11.3 Å². The molecule has 2 aromatic rings. The van der Waals surface area contributed by atoms with Crippen molar-refractivity contribution in [2.45, 2.75) is 38.3 Å². The molecule has 2 rings (SSSR count). The van der Waals surface area contributed by atoms with E-state index in [1.165, 1.54) is 11.8 Å². The van der Waals surface area contributed by atoms with Crippen LogP contribution in [-0.4, -0.2) is 18.4 Å². The van der Waals surface area contributed by atoms with Crippen LogP contribution in [0, 0.1) is 0 Å². The van der Waals surface area contributed by atoms with Crippen LogP contribution in [0.15, 0.2) is 22.7 Å². The van der Waals surface area contributed by atoms with Gasteiger partial charge in [-0.2, -0.15) is 0 Å². The van der Waals surface area contributed by atoms with E-state index in [1.54, 1.807) is 11.3 Å². The van der Waals surface area contributed by atoms with Crippen LogP contribution < -0.4 is 4.72 Å². The van der Waals surface area contributed by atoms with Gasteiger partial charge >= 0.3 is 0 Å². The molecule has 104 valence electrons. The molecule has 2 heterocycles. The highest BCUT2D eigenvalue weighted by atomic mass is 32.2. The van der Waals surface area contributed by atoms with Gasteiger partial charge in [0.2, 0.25) is 0 Å². The maximum absolute atomic E-state index is 12.1. The first-order valence-electron chi connectivity index (χ1n) is 6.15. The lowest BCUT2D eigenvalue weighted by atomic mass is 10.2. The molecule has 0 aliphatic heterocycles. The monoisotopic (exact) mass is 299 g/mol. The van der Waals surface area contributed by atoms with Crippen molar-refractivity contribution in [3.63, 3.8) is 0 Å². The zero-order valence-corrected chi connectivity index (χ0v) is 12.6. The van der Waals surface area contributed by atoms with Gasteiger partial charge in [0.05, 0.1) is 6.20 Å². The second-order valence-corrected chi connectivity index (χ2v) is 6.83. The summed E-state index contributed by atoms with van der Waals surface area (Å²) in [5.74, 6) is 0.672. The Morgan fingerprint density at radius 3 is 2.79 bits per heavy atom. The number of aryl methyl sites for hydroxylation is 2. The molecule has 7 heteroatoms. The van der Waals surface area contributed by atoms with E-state index in [0.717, 1.165) is 11.3 Å². The molecule has 0 amide bonds. The van der Waals surface area contributed by atoms with Crippen molar-refractivity contribution >= 4 is 21.4 Å². The Labute approximate surface area is 117 Å². The molecule has 0 atom stereocenters. The third-order valence-electron chi connectivity index (χ3n) is 2.87. The summed E-state index contributed by atoms with van der Waals surface area (Å²) >= 11 is 1.57. The normalized spacial score (nSPS) is 11.9. The lowest BCUT2D eigenvalue weighted by molar-refractivity contribution is 0.578. The first-order chi connectivity index (χ1) is 9.06. The van der Waals surface area contributed by atoms with E-state index >= 15 is 0 Å². The van der Waals surface area contributed by atoms with Crippen LogP contribution in [0.2, 0.25) is 0 Å². The first kappa shape index (κ1) is 14.2. The topological polar surface area (TPSA) is 74.8 Å². The number of thiophene rings is 1. The first-order valence-corrected chi connectivity index (χ1v) is 8.52. The van der Waals surface area contributed by atoms with E-state index in [0.29, 0.717) is 18.8 Å². The summed E-state index contributed by atoms with van der Waals surface area (Å²) in [5.41, 5.74) is 1.19. The van der Waals surface area contributed by atoms with Crippen LogP contribution in [0.25, 0.3) is 0 Å². The van der Waals surface area contributed by atoms with Crippen LogP contribution in [0.1, 0.15) is 30.1 Å². The maximum Gasteiger partial charge on any atom is 0.257 e. The van der Waals surface area contributed by atoms with E-state index in [-0.39, 0.29) is 5.03 Å². The number of nitrogens with zero attached hydrogens (tertiary/aromatic N) is 1. The number of hydrogen-bond acceptors (Lipinski definition) is 4. The number of aromatic nitrogens is 2. The van der Waals surface area contributed by atoms with Crippen molar-refractivity contribution in [2.24, 2.45) is 0 Å². The van der Waals surface area contributed by atoms with Gasteiger partial charge in [0.15, 0.2) is 5.03 Å². The molecule has 0 aliphatic rings. The molecule has 0 aromatic carbocycles. The minimum absolute atomic E-state index is 0.124. The van der Waals surface area contributed by atoms with E-state index in [1.807, 2.05) is 18.4 Å². The summed E-state index contributed by atoms with van der Waals surface area (Å²) in [4.78, 5) is 7.87. The van der Waals surface area contributed by atoms with Crippen molar-refractivity contribution in [1.82, 2.24) is 14.7 Å². The number of aromatic amines is 1. The number of sulfonamides is 1. The quantitative estimate of drug-likeness (QED) is 0.857. The van der Waals surface area contributed by atoms with Gasteiger partial charge in [0.1, 0.15) is 5.82 Å². The molecule has 0 saturated carbocycles. The highest BCUT2D eigenvalue weighted by Crippen LogP contribution is 2.18. The fraction of sp³-hybridized carbons (Fsp3) is 0.417. The molecular formula is C12H17N3O2S2.